The standard InChI is InChI=1S/C47H33NS/c1-47(2)40-22-7-5-19-39(40)45-41(47)23-12-25-43(45)48(32-16-9-15-31(29-32)34-20-10-14-30-13-3-4-17-33(30)34)42-24-11-21-37-35(42)27-28-38-36-18-6-8-26-44(36)49-46(37)38/h3-29H,1-2H3. The molecule has 0 fully saturated rings. The number of benzene rings is 8. The van der Waals surface area contributed by atoms with Crippen molar-refractivity contribution in [2.24, 2.45) is 0 Å². The minimum Gasteiger partial charge on any atom is -0.309 e. The van der Waals surface area contributed by atoms with E-state index >= 15 is 0 Å². The quantitative estimate of drug-likeness (QED) is 0.184. The van der Waals surface area contributed by atoms with Gasteiger partial charge < -0.3 is 4.90 Å². The van der Waals surface area contributed by atoms with Crippen LogP contribution in [-0.4, -0.2) is 0 Å². The topological polar surface area (TPSA) is 3.24 Å². The average Bonchev–Trinajstić information content (AvgIpc) is 3.65. The number of thiophene rings is 1. The van der Waals surface area contributed by atoms with Crippen molar-refractivity contribution in [1.82, 2.24) is 0 Å². The Bertz CT molecular complexity index is 2760. The second kappa shape index (κ2) is 10.7. The van der Waals surface area contributed by atoms with E-state index < -0.39 is 0 Å². The zero-order valence-corrected chi connectivity index (χ0v) is 28.3. The van der Waals surface area contributed by atoms with Crippen molar-refractivity contribution in [3.8, 4) is 22.3 Å². The molecular weight excluding hydrogens is 611 g/mol. The van der Waals surface area contributed by atoms with Crippen LogP contribution < -0.4 is 4.90 Å². The molecule has 0 amide bonds. The highest BCUT2D eigenvalue weighted by molar-refractivity contribution is 7.26. The highest BCUT2D eigenvalue weighted by Gasteiger charge is 2.37. The Morgan fingerprint density at radius 3 is 2.04 bits per heavy atom. The first-order chi connectivity index (χ1) is 24.1. The molecule has 0 bridgehead atoms. The van der Waals surface area contributed by atoms with Gasteiger partial charge >= 0.3 is 0 Å². The minimum absolute atomic E-state index is 0.0968. The predicted molar refractivity (Wildman–Crippen MR) is 212 cm³/mol. The summed E-state index contributed by atoms with van der Waals surface area (Å²) in [4.78, 5) is 2.52. The number of hydrogen-bond donors (Lipinski definition) is 0. The van der Waals surface area contributed by atoms with E-state index in [9.17, 15) is 0 Å². The Morgan fingerprint density at radius 2 is 1.10 bits per heavy atom. The smallest absolute Gasteiger partial charge is 0.0543 e. The van der Waals surface area contributed by atoms with Crippen molar-refractivity contribution in [3.05, 3.63) is 175 Å². The van der Waals surface area contributed by atoms with Crippen LogP contribution in [0.1, 0.15) is 25.0 Å². The van der Waals surface area contributed by atoms with Crippen molar-refractivity contribution >= 4 is 70.1 Å². The van der Waals surface area contributed by atoms with Crippen LogP contribution in [0.2, 0.25) is 0 Å². The van der Waals surface area contributed by atoms with Crippen LogP contribution in [0.5, 0.6) is 0 Å². The van der Waals surface area contributed by atoms with E-state index in [-0.39, 0.29) is 5.41 Å². The summed E-state index contributed by atoms with van der Waals surface area (Å²) in [5, 5.41) is 7.71. The zero-order valence-electron chi connectivity index (χ0n) is 27.4. The maximum atomic E-state index is 2.52. The first kappa shape index (κ1) is 28.3. The molecule has 1 nitrogen and oxygen atoms in total. The van der Waals surface area contributed by atoms with Gasteiger partial charge in [-0.05, 0) is 68.9 Å². The Labute approximate surface area is 290 Å². The van der Waals surface area contributed by atoms with Crippen LogP contribution in [0.25, 0.3) is 64.0 Å². The van der Waals surface area contributed by atoms with Crippen LogP contribution in [0.4, 0.5) is 17.1 Å². The fourth-order valence-corrected chi connectivity index (χ4v) is 9.57. The fourth-order valence-electron chi connectivity index (χ4n) is 8.34. The molecule has 1 aliphatic rings. The van der Waals surface area contributed by atoms with Crippen LogP contribution in [0.15, 0.2) is 164 Å². The molecule has 0 radical (unpaired) electrons. The molecule has 10 rings (SSSR count). The fraction of sp³-hybridized carbons (Fsp3) is 0.0638. The number of nitrogens with zero attached hydrogens (tertiary/aromatic N) is 1. The van der Waals surface area contributed by atoms with Crippen LogP contribution in [0, 0.1) is 0 Å². The van der Waals surface area contributed by atoms with Crippen molar-refractivity contribution in [2.75, 3.05) is 4.90 Å². The molecule has 1 aromatic heterocycles. The normalized spacial score (nSPS) is 13.3. The van der Waals surface area contributed by atoms with Gasteiger partial charge in [0.15, 0.2) is 0 Å². The van der Waals surface area contributed by atoms with E-state index in [4.69, 9.17) is 0 Å². The number of anilines is 3. The van der Waals surface area contributed by atoms with Crippen molar-refractivity contribution in [1.29, 1.82) is 0 Å². The van der Waals surface area contributed by atoms with Crippen LogP contribution >= 0.6 is 11.3 Å². The van der Waals surface area contributed by atoms with Crippen LogP contribution in [-0.2, 0) is 5.41 Å². The molecule has 1 aliphatic carbocycles. The summed E-state index contributed by atoms with van der Waals surface area (Å²) >= 11 is 1.90. The second-order valence-corrected chi connectivity index (χ2v) is 14.7. The van der Waals surface area contributed by atoms with Crippen LogP contribution in [0.3, 0.4) is 0 Å². The summed E-state index contributed by atoms with van der Waals surface area (Å²) in [6.45, 7) is 4.73. The van der Waals surface area contributed by atoms with Gasteiger partial charge in [-0.2, -0.15) is 0 Å². The summed E-state index contributed by atoms with van der Waals surface area (Å²) < 4.78 is 2.67. The third kappa shape index (κ3) is 4.17. The lowest BCUT2D eigenvalue weighted by molar-refractivity contribution is 0.660. The third-order valence-corrected chi connectivity index (χ3v) is 11.9. The highest BCUT2D eigenvalue weighted by atomic mass is 32.1. The van der Waals surface area contributed by atoms with E-state index in [0.29, 0.717) is 0 Å². The lowest BCUT2D eigenvalue weighted by Gasteiger charge is -2.30. The van der Waals surface area contributed by atoms with Gasteiger partial charge in [0.05, 0.1) is 11.4 Å². The Morgan fingerprint density at radius 1 is 0.469 bits per heavy atom. The predicted octanol–water partition coefficient (Wildman–Crippen LogP) is 13.8. The molecule has 0 spiro atoms. The van der Waals surface area contributed by atoms with E-state index in [1.54, 1.807) is 0 Å². The Kier molecular flexibility index (Phi) is 6.16. The van der Waals surface area contributed by atoms with Gasteiger partial charge in [-0.1, -0.05) is 147 Å². The molecule has 1 heterocycles. The molecule has 0 saturated carbocycles. The van der Waals surface area contributed by atoms with Crippen molar-refractivity contribution < 1.29 is 0 Å². The lowest BCUT2D eigenvalue weighted by Crippen LogP contribution is -2.16. The molecule has 2 heteroatoms. The molecule has 0 aliphatic heterocycles. The SMILES string of the molecule is CC1(C)c2ccccc2-c2c(N(c3cccc(-c4cccc5ccccc45)c3)c3cccc4c3ccc3c5ccccc5sc43)cccc21. The molecule has 0 N–H and O–H groups in total. The highest BCUT2D eigenvalue weighted by Crippen LogP contribution is 2.55. The lowest BCUT2D eigenvalue weighted by atomic mass is 9.82. The summed E-state index contributed by atoms with van der Waals surface area (Å²) in [6.07, 6.45) is 0. The Hall–Kier alpha value is -5.70. The molecule has 232 valence electrons. The molecule has 8 aromatic carbocycles. The molecule has 0 atom stereocenters. The molecule has 49 heavy (non-hydrogen) atoms. The maximum absolute atomic E-state index is 2.52. The first-order valence-electron chi connectivity index (χ1n) is 17.0. The van der Waals surface area contributed by atoms with Gasteiger partial charge in [0.2, 0.25) is 0 Å². The number of rotatable bonds is 4. The van der Waals surface area contributed by atoms with Gasteiger partial charge in [-0.3, -0.25) is 0 Å². The molecule has 9 aromatic rings. The molecular formula is C47H33NS. The minimum atomic E-state index is -0.0968. The van der Waals surface area contributed by atoms with E-state index in [2.05, 4.69) is 183 Å². The number of hydrogen-bond acceptors (Lipinski definition) is 2. The Balaban J connectivity index is 1.27. The summed E-state index contributed by atoms with van der Waals surface area (Å²) in [5.41, 5.74) is 11.3. The van der Waals surface area contributed by atoms with Crippen molar-refractivity contribution in [3.63, 3.8) is 0 Å². The molecule has 0 unspecified atom stereocenters. The summed E-state index contributed by atoms with van der Waals surface area (Å²) in [7, 11) is 0. The number of fused-ring (bicyclic) bond motifs is 9. The second-order valence-electron chi connectivity index (χ2n) is 13.7. The maximum Gasteiger partial charge on any atom is 0.0543 e. The van der Waals surface area contributed by atoms with E-state index in [1.165, 1.54) is 86.5 Å². The van der Waals surface area contributed by atoms with Gasteiger partial charge in [-0.15, -0.1) is 11.3 Å². The molecule has 0 saturated heterocycles. The average molecular weight is 644 g/mol. The largest absolute Gasteiger partial charge is 0.309 e. The monoisotopic (exact) mass is 643 g/mol. The summed E-state index contributed by atoms with van der Waals surface area (Å²) in [5.74, 6) is 0. The van der Waals surface area contributed by atoms with Gasteiger partial charge in [0.1, 0.15) is 0 Å². The summed E-state index contributed by atoms with van der Waals surface area (Å²) in [6, 6.07) is 60.6. The van der Waals surface area contributed by atoms with E-state index in [1.807, 2.05) is 11.3 Å². The van der Waals surface area contributed by atoms with Crippen molar-refractivity contribution in [2.45, 2.75) is 19.3 Å². The third-order valence-electron chi connectivity index (χ3n) is 10.7. The first-order valence-corrected chi connectivity index (χ1v) is 17.8. The van der Waals surface area contributed by atoms with E-state index in [0.717, 1.165) is 5.69 Å². The van der Waals surface area contributed by atoms with Gasteiger partial charge in [-0.25, -0.2) is 0 Å². The van der Waals surface area contributed by atoms with Gasteiger partial charge in [0.25, 0.3) is 0 Å². The zero-order chi connectivity index (χ0) is 32.7. The van der Waals surface area contributed by atoms with Gasteiger partial charge in [0, 0.05) is 47.6 Å².